The van der Waals surface area contributed by atoms with E-state index in [0.717, 1.165) is 36.5 Å². The second kappa shape index (κ2) is 12.9. The van der Waals surface area contributed by atoms with Crippen molar-refractivity contribution < 1.29 is 19.1 Å². The third-order valence-electron chi connectivity index (χ3n) is 6.22. The van der Waals surface area contributed by atoms with E-state index < -0.39 is 0 Å². The minimum absolute atomic E-state index is 0.0351. The van der Waals surface area contributed by atoms with Crippen LogP contribution in [0.15, 0.2) is 30.3 Å². The quantitative estimate of drug-likeness (QED) is 0.567. The molecule has 3 rings (SSSR count). The Hall–Kier alpha value is -3.56. The number of ether oxygens (including phenoxy) is 2. The van der Waals surface area contributed by atoms with E-state index >= 15 is 0 Å². The Morgan fingerprint density at radius 1 is 1.03 bits per heavy atom. The molecule has 0 radical (unpaired) electrons. The minimum Gasteiger partial charge on any atom is -0.493 e. The molecule has 0 saturated carbocycles. The lowest BCUT2D eigenvalue weighted by Crippen LogP contribution is -2.50. The van der Waals surface area contributed by atoms with Crippen molar-refractivity contribution in [2.24, 2.45) is 0 Å². The fraction of sp³-hybridized carbons (Fsp3) is 0.538. The molecule has 196 valence electrons. The van der Waals surface area contributed by atoms with Crippen molar-refractivity contribution in [2.45, 2.75) is 39.7 Å². The van der Waals surface area contributed by atoms with E-state index in [1.54, 1.807) is 19.1 Å². The fourth-order valence-electron chi connectivity index (χ4n) is 4.11. The number of hydrogen-bond acceptors (Lipinski definition) is 7. The fourth-order valence-corrected chi connectivity index (χ4v) is 4.11. The third kappa shape index (κ3) is 6.77. The largest absolute Gasteiger partial charge is 0.493 e. The molecule has 10 nitrogen and oxygen atoms in total. The highest BCUT2D eigenvalue weighted by molar-refractivity contribution is 5.84. The Bertz CT molecular complexity index is 1010. The molecule has 0 spiro atoms. The van der Waals surface area contributed by atoms with E-state index in [4.69, 9.17) is 9.47 Å². The van der Waals surface area contributed by atoms with Crippen LogP contribution in [-0.2, 0) is 4.79 Å². The second-order valence-corrected chi connectivity index (χ2v) is 9.02. The topological polar surface area (TPSA) is 100 Å². The van der Waals surface area contributed by atoms with Gasteiger partial charge in [-0.25, -0.2) is 4.79 Å². The number of amides is 3. The van der Waals surface area contributed by atoms with Crippen LogP contribution in [0.4, 0.5) is 10.6 Å². The van der Waals surface area contributed by atoms with E-state index in [2.05, 4.69) is 20.4 Å². The molecule has 3 amide bonds. The van der Waals surface area contributed by atoms with Gasteiger partial charge in [-0.1, -0.05) is 6.92 Å². The van der Waals surface area contributed by atoms with E-state index in [1.807, 2.05) is 56.0 Å². The van der Waals surface area contributed by atoms with E-state index in [-0.39, 0.29) is 24.5 Å². The Morgan fingerprint density at radius 3 is 2.44 bits per heavy atom. The average molecular weight is 499 g/mol. The van der Waals surface area contributed by atoms with Crippen molar-refractivity contribution in [1.29, 1.82) is 0 Å². The lowest BCUT2D eigenvalue weighted by molar-refractivity contribution is -0.131. The predicted octanol–water partition coefficient (Wildman–Crippen LogP) is 3.03. The van der Waals surface area contributed by atoms with Crippen molar-refractivity contribution in [2.75, 3.05) is 58.4 Å². The number of nitrogens with one attached hydrogen (secondary N) is 1. The average Bonchev–Trinajstić information content (AvgIpc) is 3.16. The number of hydrogen-bond donors (Lipinski definition) is 1. The van der Waals surface area contributed by atoms with Gasteiger partial charge in [0.25, 0.3) is 0 Å². The summed E-state index contributed by atoms with van der Waals surface area (Å²) in [6.45, 7) is 9.17. The molecule has 1 saturated heterocycles. The van der Waals surface area contributed by atoms with Crippen LogP contribution in [0.2, 0.25) is 0 Å². The van der Waals surface area contributed by atoms with Crippen LogP contribution >= 0.6 is 0 Å². The van der Waals surface area contributed by atoms with Gasteiger partial charge in [-0.3, -0.25) is 4.79 Å². The SMILES string of the molecule is CCCNC(=O)N(CC(=O)N1CCCN(c2ccc(-c3ccc(OC)c(OC)c3)nn2)CC1)C(C)C. The summed E-state index contributed by atoms with van der Waals surface area (Å²) in [5.74, 6) is 2.04. The number of rotatable bonds is 9. The molecule has 1 aliphatic rings. The van der Waals surface area contributed by atoms with Crippen molar-refractivity contribution in [3.8, 4) is 22.8 Å². The van der Waals surface area contributed by atoms with Gasteiger partial charge in [-0.2, -0.15) is 0 Å². The highest BCUT2D eigenvalue weighted by Gasteiger charge is 2.25. The zero-order valence-corrected chi connectivity index (χ0v) is 22.0. The Balaban J connectivity index is 1.62. The number of methoxy groups -OCH3 is 2. The molecule has 1 fully saturated rings. The predicted molar refractivity (Wildman–Crippen MR) is 140 cm³/mol. The van der Waals surface area contributed by atoms with Gasteiger partial charge in [0, 0.05) is 44.3 Å². The first-order valence-corrected chi connectivity index (χ1v) is 12.5. The van der Waals surface area contributed by atoms with E-state index in [1.165, 1.54) is 0 Å². The maximum atomic E-state index is 13.0. The highest BCUT2D eigenvalue weighted by Crippen LogP contribution is 2.31. The summed E-state index contributed by atoms with van der Waals surface area (Å²) in [5, 5.41) is 11.7. The van der Waals surface area contributed by atoms with Crippen molar-refractivity contribution in [3.05, 3.63) is 30.3 Å². The molecule has 36 heavy (non-hydrogen) atoms. The van der Waals surface area contributed by atoms with Gasteiger partial charge >= 0.3 is 6.03 Å². The molecule has 0 aliphatic carbocycles. The third-order valence-corrected chi connectivity index (χ3v) is 6.22. The van der Waals surface area contributed by atoms with Gasteiger partial charge in [0.15, 0.2) is 17.3 Å². The number of anilines is 1. The first kappa shape index (κ1) is 27.0. The number of carbonyl (C=O) groups excluding carboxylic acids is 2. The van der Waals surface area contributed by atoms with Gasteiger partial charge < -0.3 is 29.5 Å². The zero-order valence-electron chi connectivity index (χ0n) is 22.0. The molecule has 0 atom stereocenters. The van der Waals surface area contributed by atoms with Crippen LogP contribution in [0.1, 0.15) is 33.6 Å². The summed E-state index contributed by atoms with van der Waals surface area (Å²) in [7, 11) is 3.21. The second-order valence-electron chi connectivity index (χ2n) is 9.02. The molecule has 2 heterocycles. The summed E-state index contributed by atoms with van der Waals surface area (Å²) in [6, 6.07) is 9.28. The first-order valence-electron chi connectivity index (χ1n) is 12.5. The molecule has 10 heteroatoms. The molecule has 1 aliphatic heterocycles. The Kier molecular flexibility index (Phi) is 9.72. The molecular formula is C26H38N6O4. The summed E-state index contributed by atoms with van der Waals surface area (Å²) in [6.07, 6.45) is 1.67. The van der Waals surface area contributed by atoms with Crippen LogP contribution in [0.5, 0.6) is 11.5 Å². The van der Waals surface area contributed by atoms with Gasteiger partial charge in [-0.15, -0.1) is 10.2 Å². The normalized spacial score (nSPS) is 13.8. The number of carbonyl (C=O) groups is 2. The van der Waals surface area contributed by atoms with Crippen LogP contribution < -0.4 is 19.7 Å². The Labute approximate surface area is 213 Å². The van der Waals surface area contributed by atoms with E-state index in [0.29, 0.717) is 37.7 Å². The molecular weight excluding hydrogens is 460 g/mol. The summed E-state index contributed by atoms with van der Waals surface area (Å²) < 4.78 is 10.7. The number of benzene rings is 1. The van der Waals surface area contributed by atoms with Crippen LogP contribution in [0, 0.1) is 0 Å². The van der Waals surface area contributed by atoms with Gasteiger partial charge in [-0.05, 0) is 57.0 Å². The maximum Gasteiger partial charge on any atom is 0.318 e. The summed E-state index contributed by atoms with van der Waals surface area (Å²) >= 11 is 0. The van der Waals surface area contributed by atoms with Gasteiger partial charge in [0.1, 0.15) is 6.54 Å². The zero-order chi connectivity index (χ0) is 26.1. The van der Waals surface area contributed by atoms with Crippen LogP contribution in [0.25, 0.3) is 11.3 Å². The summed E-state index contributed by atoms with van der Waals surface area (Å²) in [4.78, 5) is 31.1. The standard InChI is InChI=1S/C26H38N6O4/c1-6-12-27-26(34)32(19(2)3)18-25(33)31-14-7-13-30(15-16-31)24-11-9-21(28-29-24)20-8-10-22(35-4)23(17-20)36-5/h8-11,17,19H,6-7,12-16,18H2,1-5H3,(H,27,34). The first-order chi connectivity index (χ1) is 17.4. The van der Waals surface area contributed by atoms with Crippen molar-refractivity contribution in [3.63, 3.8) is 0 Å². The smallest absolute Gasteiger partial charge is 0.318 e. The Morgan fingerprint density at radius 2 is 1.81 bits per heavy atom. The lowest BCUT2D eigenvalue weighted by Gasteiger charge is -2.29. The lowest BCUT2D eigenvalue weighted by atomic mass is 10.1. The molecule has 0 unspecified atom stereocenters. The van der Waals surface area contributed by atoms with E-state index in [9.17, 15) is 9.59 Å². The van der Waals surface area contributed by atoms with Gasteiger partial charge in [0.05, 0.1) is 19.9 Å². The number of aromatic nitrogens is 2. The van der Waals surface area contributed by atoms with Crippen molar-refractivity contribution in [1.82, 2.24) is 25.3 Å². The molecule has 1 N–H and O–H groups in total. The highest BCUT2D eigenvalue weighted by atomic mass is 16.5. The molecule has 1 aromatic carbocycles. The summed E-state index contributed by atoms with van der Waals surface area (Å²) in [5.41, 5.74) is 1.62. The number of urea groups is 1. The molecule has 1 aromatic heterocycles. The van der Waals surface area contributed by atoms with Crippen LogP contribution in [0.3, 0.4) is 0 Å². The monoisotopic (exact) mass is 498 g/mol. The van der Waals surface area contributed by atoms with Gasteiger partial charge in [0.2, 0.25) is 5.91 Å². The van der Waals surface area contributed by atoms with Crippen molar-refractivity contribution >= 4 is 17.8 Å². The molecule has 0 bridgehead atoms. The van der Waals surface area contributed by atoms with Crippen LogP contribution in [-0.4, -0.2) is 91.5 Å². The maximum absolute atomic E-state index is 13.0. The number of nitrogens with zero attached hydrogens (tertiary/aromatic N) is 5. The molecule has 2 aromatic rings. The minimum atomic E-state index is -0.193.